The molecule has 0 saturated carbocycles. The Bertz CT molecular complexity index is 925. The van der Waals surface area contributed by atoms with Crippen molar-refractivity contribution < 1.29 is 4.74 Å². The summed E-state index contributed by atoms with van der Waals surface area (Å²) in [5.41, 5.74) is 3.45. The van der Waals surface area contributed by atoms with Gasteiger partial charge in [-0.3, -0.25) is 9.48 Å². The lowest BCUT2D eigenvalue weighted by Gasteiger charge is -2.08. The Morgan fingerprint density at radius 3 is 2.41 bits per heavy atom. The van der Waals surface area contributed by atoms with Crippen molar-refractivity contribution in [1.82, 2.24) is 9.36 Å². The van der Waals surface area contributed by atoms with E-state index in [1.165, 1.54) is 0 Å². The van der Waals surface area contributed by atoms with Crippen molar-refractivity contribution >= 4 is 5.69 Å². The van der Waals surface area contributed by atoms with E-state index >= 15 is 0 Å². The first-order chi connectivity index (χ1) is 13.1. The van der Waals surface area contributed by atoms with Crippen LogP contribution in [0.4, 0.5) is 5.69 Å². The normalized spacial score (nSPS) is 10.8. The first-order valence-electron chi connectivity index (χ1n) is 9.41. The molecular weight excluding hydrogens is 338 g/mol. The van der Waals surface area contributed by atoms with Crippen molar-refractivity contribution in [3.05, 3.63) is 76.2 Å². The summed E-state index contributed by atoms with van der Waals surface area (Å²) < 4.78 is 9.26. The Hall–Kier alpha value is -2.95. The van der Waals surface area contributed by atoms with Crippen molar-refractivity contribution in [2.24, 2.45) is 7.05 Å². The van der Waals surface area contributed by atoms with E-state index in [1.807, 2.05) is 73.3 Å². The Labute approximate surface area is 160 Å². The zero-order valence-electron chi connectivity index (χ0n) is 16.2. The minimum atomic E-state index is -0.0410. The van der Waals surface area contributed by atoms with Gasteiger partial charge in [-0.25, -0.2) is 4.68 Å². The summed E-state index contributed by atoms with van der Waals surface area (Å²) >= 11 is 0. The third kappa shape index (κ3) is 4.25. The molecular formula is C22H27N3O2. The van der Waals surface area contributed by atoms with Crippen LogP contribution in [0.1, 0.15) is 31.0 Å². The minimum absolute atomic E-state index is 0.0410. The maximum Gasteiger partial charge on any atom is 0.295 e. The molecule has 0 aliphatic carbocycles. The number of nitrogens with zero attached hydrogens (tertiary/aromatic N) is 2. The number of ether oxygens (including phenoxy) is 1. The summed E-state index contributed by atoms with van der Waals surface area (Å²) in [6, 6.07) is 17.7. The van der Waals surface area contributed by atoms with Crippen LogP contribution in [0.3, 0.4) is 0 Å². The molecule has 27 heavy (non-hydrogen) atoms. The smallest absolute Gasteiger partial charge is 0.295 e. The van der Waals surface area contributed by atoms with Gasteiger partial charge in [0.1, 0.15) is 11.4 Å². The first-order valence-corrected chi connectivity index (χ1v) is 9.41. The highest BCUT2D eigenvalue weighted by molar-refractivity contribution is 5.49. The fraction of sp³-hybridized carbons (Fsp3) is 0.318. The third-order valence-electron chi connectivity index (χ3n) is 4.71. The number of anilines is 1. The highest BCUT2D eigenvalue weighted by atomic mass is 16.5. The van der Waals surface area contributed by atoms with Crippen LogP contribution in [0.5, 0.6) is 5.75 Å². The van der Waals surface area contributed by atoms with Gasteiger partial charge in [0.15, 0.2) is 0 Å². The van der Waals surface area contributed by atoms with Crippen LogP contribution in [-0.4, -0.2) is 16.0 Å². The van der Waals surface area contributed by atoms with Gasteiger partial charge >= 0.3 is 0 Å². The molecule has 5 nitrogen and oxygen atoms in total. The molecule has 0 radical (unpaired) electrons. The second-order valence-corrected chi connectivity index (χ2v) is 6.64. The Morgan fingerprint density at radius 1 is 1.04 bits per heavy atom. The fourth-order valence-corrected chi connectivity index (χ4v) is 3.00. The second-order valence-electron chi connectivity index (χ2n) is 6.64. The van der Waals surface area contributed by atoms with Crippen LogP contribution < -0.4 is 15.6 Å². The summed E-state index contributed by atoms with van der Waals surface area (Å²) in [5.74, 6) is 0.884. The average Bonchev–Trinajstić information content (AvgIpc) is 2.91. The van der Waals surface area contributed by atoms with Gasteiger partial charge in [0.25, 0.3) is 5.56 Å². The Morgan fingerprint density at radius 2 is 1.74 bits per heavy atom. The van der Waals surface area contributed by atoms with Gasteiger partial charge in [-0.1, -0.05) is 43.7 Å². The van der Waals surface area contributed by atoms with E-state index in [9.17, 15) is 4.79 Å². The standard InChI is InChI=1S/C22H27N3O2/c1-4-5-15-27-20-13-11-18(12-14-20)16-23-21-17(2)24(3)25(22(21)26)19-9-7-6-8-10-19/h6-14,23H,4-5,15-16H2,1-3H3. The SMILES string of the molecule is CCCCOc1ccc(CNc2c(C)n(C)n(-c3ccccc3)c2=O)cc1. The van der Waals surface area contributed by atoms with Gasteiger partial charge in [-0.05, 0) is 43.2 Å². The molecule has 1 heterocycles. The number of unbranched alkanes of at least 4 members (excludes halogenated alkanes) is 1. The Kier molecular flexibility index (Phi) is 6.01. The van der Waals surface area contributed by atoms with Crippen molar-refractivity contribution in [2.75, 3.05) is 11.9 Å². The molecule has 0 atom stereocenters. The maximum absolute atomic E-state index is 12.9. The number of rotatable bonds is 8. The maximum atomic E-state index is 12.9. The quantitative estimate of drug-likeness (QED) is 0.606. The van der Waals surface area contributed by atoms with Crippen LogP contribution in [0.15, 0.2) is 59.4 Å². The zero-order valence-corrected chi connectivity index (χ0v) is 16.2. The third-order valence-corrected chi connectivity index (χ3v) is 4.71. The number of nitrogens with one attached hydrogen (secondary N) is 1. The van der Waals surface area contributed by atoms with Crippen LogP contribution in [0.25, 0.3) is 5.69 Å². The van der Waals surface area contributed by atoms with Crippen LogP contribution in [0, 0.1) is 6.92 Å². The Balaban J connectivity index is 1.72. The molecule has 0 bridgehead atoms. The van der Waals surface area contributed by atoms with E-state index in [1.54, 1.807) is 4.68 Å². The van der Waals surface area contributed by atoms with Crippen molar-refractivity contribution in [2.45, 2.75) is 33.2 Å². The first kappa shape index (κ1) is 18.8. The topological polar surface area (TPSA) is 48.2 Å². The van der Waals surface area contributed by atoms with Crippen LogP contribution >= 0.6 is 0 Å². The van der Waals surface area contributed by atoms with E-state index in [-0.39, 0.29) is 5.56 Å². The highest BCUT2D eigenvalue weighted by Crippen LogP contribution is 2.17. The molecule has 0 aliphatic rings. The molecule has 5 heteroatoms. The number of hydrogen-bond acceptors (Lipinski definition) is 3. The predicted octanol–water partition coefficient (Wildman–Crippen LogP) is 4.28. The molecule has 0 unspecified atom stereocenters. The van der Waals surface area contributed by atoms with E-state index in [0.29, 0.717) is 12.2 Å². The van der Waals surface area contributed by atoms with Gasteiger partial charge in [-0.2, -0.15) is 0 Å². The van der Waals surface area contributed by atoms with E-state index in [2.05, 4.69) is 12.2 Å². The number of benzene rings is 2. The van der Waals surface area contributed by atoms with E-state index < -0.39 is 0 Å². The highest BCUT2D eigenvalue weighted by Gasteiger charge is 2.15. The molecule has 142 valence electrons. The van der Waals surface area contributed by atoms with Crippen molar-refractivity contribution in [3.8, 4) is 11.4 Å². The molecule has 3 aromatic rings. The average molecular weight is 365 g/mol. The predicted molar refractivity (Wildman–Crippen MR) is 110 cm³/mol. The van der Waals surface area contributed by atoms with Gasteiger partial charge in [0, 0.05) is 13.6 Å². The summed E-state index contributed by atoms with van der Waals surface area (Å²) in [7, 11) is 1.90. The van der Waals surface area contributed by atoms with Gasteiger partial charge in [0.05, 0.1) is 18.0 Å². The number of aromatic nitrogens is 2. The molecule has 2 aromatic carbocycles. The lowest BCUT2D eigenvalue weighted by molar-refractivity contribution is 0.309. The summed E-state index contributed by atoms with van der Waals surface area (Å²) in [4.78, 5) is 12.9. The monoisotopic (exact) mass is 365 g/mol. The molecule has 0 fully saturated rings. The van der Waals surface area contributed by atoms with Crippen LogP contribution in [-0.2, 0) is 13.6 Å². The molecule has 0 aliphatic heterocycles. The minimum Gasteiger partial charge on any atom is -0.494 e. The lowest BCUT2D eigenvalue weighted by Crippen LogP contribution is -2.21. The molecule has 0 amide bonds. The zero-order chi connectivity index (χ0) is 19.2. The van der Waals surface area contributed by atoms with Gasteiger partial charge in [-0.15, -0.1) is 0 Å². The summed E-state index contributed by atoms with van der Waals surface area (Å²) in [6.45, 7) is 5.43. The molecule has 3 rings (SSSR count). The summed E-state index contributed by atoms with van der Waals surface area (Å²) in [6.07, 6.45) is 2.18. The molecule has 1 aromatic heterocycles. The van der Waals surface area contributed by atoms with Gasteiger partial charge < -0.3 is 10.1 Å². The van der Waals surface area contributed by atoms with Crippen LogP contribution in [0.2, 0.25) is 0 Å². The number of hydrogen-bond donors (Lipinski definition) is 1. The molecule has 1 N–H and O–H groups in total. The summed E-state index contributed by atoms with van der Waals surface area (Å²) in [5, 5.41) is 3.31. The van der Waals surface area contributed by atoms with Crippen molar-refractivity contribution in [3.63, 3.8) is 0 Å². The largest absolute Gasteiger partial charge is 0.494 e. The second kappa shape index (κ2) is 8.62. The van der Waals surface area contributed by atoms with E-state index in [4.69, 9.17) is 4.74 Å². The van der Waals surface area contributed by atoms with Crippen molar-refractivity contribution in [1.29, 1.82) is 0 Å². The molecule has 0 spiro atoms. The number of para-hydroxylation sites is 1. The molecule has 0 saturated heterocycles. The lowest BCUT2D eigenvalue weighted by atomic mass is 10.2. The van der Waals surface area contributed by atoms with Gasteiger partial charge in [0.2, 0.25) is 0 Å². The fourth-order valence-electron chi connectivity index (χ4n) is 3.00. The van der Waals surface area contributed by atoms with E-state index in [0.717, 1.165) is 42.1 Å².